The number of anilines is 2. The number of primary amides is 1. The first-order valence-electron chi connectivity index (χ1n) is 7.20. The summed E-state index contributed by atoms with van der Waals surface area (Å²) in [4.78, 5) is 23.7. The van der Waals surface area contributed by atoms with Crippen LogP contribution < -0.4 is 16.8 Å². The molecule has 1 amide bonds. The second-order valence-electron chi connectivity index (χ2n) is 5.11. The highest BCUT2D eigenvalue weighted by molar-refractivity contribution is 7.19. The van der Waals surface area contributed by atoms with E-state index in [0.717, 1.165) is 37.0 Å². The number of carbonyl (C=O) groups is 2. The van der Waals surface area contributed by atoms with Crippen molar-refractivity contribution in [3.8, 4) is 0 Å². The van der Waals surface area contributed by atoms with Crippen LogP contribution in [-0.2, 0) is 4.74 Å². The van der Waals surface area contributed by atoms with Crippen LogP contribution in [-0.4, -0.2) is 24.5 Å². The number of ether oxygens (including phenoxy) is 1. The van der Waals surface area contributed by atoms with Crippen LogP contribution in [0.5, 0.6) is 0 Å². The highest BCUT2D eigenvalue weighted by Gasteiger charge is 2.26. The summed E-state index contributed by atoms with van der Waals surface area (Å²) in [7, 11) is 0. The molecule has 0 saturated heterocycles. The lowest BCUT2D eigenvalue weighted by Gasteiger charge is -2.23. The molecule has 1 heterocycles. The predicted octanol–water partition coefficient (Wildman–Crippen LogP) is 2.35. The molecule has 0 aromatic carbocycles. The minimum atomic E-state index is -0.627. The van der Waals surface area contributed by atoms with Gasteiger partial charge in [0.2, 0.25) is 0 Å². The first kappa shape index (κ1) is 15.6. The lowest BCUT2D eigenvalue weighted by molar-refractivity contribution is 0.0533. The topological polar surface area (TPSA) is 107 Å². The van der Waals surface area contributed by atoms with Crippen molar-refractivity contribution >= 4 is 33.9 Å². The van der Waals surface area contributed by atoms with Crippen molar-refractivity contribution in [2.75, 3.05) is 17.7 Å². The minimum absolute atomic E-state index is 0.115. The fraction of sp³-hybridized carbons (Fsp3) is 0.571. The van der Waals surface area contributed by atoms with Crippen LogP contribution in [0, 0.1) is 0 Å². The standard InChI is InChI=1S/C14H21N3O3S/c1-2-20-14(19)11-10(15)9(12(16)18)13(21-11)17-8-6-4-3-5-7-8/h8,17H,2-7,15H2,1H3,(H2,16,18). The number of nitrogen functional groups attached to an aromatic ring is 1. The summed E-state index contributed by atoms with van der Waals surface area (Å²) in [5, 5.41) is 3.90. The first-order chi connectivity index (χ1) is 10.0. The highest BCUT2D eigenvalue weighted by atomic mass is 32.1. The number of esters is 1. The van der Waals surface area contributed by atoms with E-state index in [1.807, 2.05) is 0 Å². The number of thiophene rings is 1. The second kappa shape index (κ2) is 6.80. The lowest BCUT2D eigenvalue weighted by Crippen LogP contribution is -2.23. The molecule has 21 heavy (non-hydrogen) atoms. The van der Waals surface area contributed by atoms with E-state index < -0.39 is 11.9 Å². The zero-order valence-electron chi connectivity index (χ0n) is 12.1. The van der Waals surface area contributed by atoms with Crippen molar-refractivity contribution in [2.24, 2.45) is 5.73 Å². The molecule has 0 radical (unpaired) electrons. The van der Waals surface area contributed by atoms with Crippen molar-refractivity contribution in [3.05, 3.63) is 10.4 Å². The van der Waals surface area contributed by atoms with Crippen molar-refractivity contribution in [1.82, 2.24) is 0 Å². The fourth-order valence-electron chi connectivity index (χ4n) is 2.57. The Kier molecular flexibility index (Phi) is 5.06. The smallest absolute Gasteiger partial charge is 0.350 e. The third kappa shape index (κ3) is 3.47. The molecule has 1 saturated carbocycles. The summed E-state index contributed by atoms with van der Waals surface area (Å²) in [5.74, 6) is -1.14. The van der Waals surface area contributed by atoms with Gasteiger partial charge in [-0.3, -0.25) is 4.79 Å². The normalized spacial score (nSPS) is 15.7. The molecule has 1 fully saturated rings. The van der Waals surface area contributed by atoms with Gasteiger partial charge >= 0.3 is 5.97 Å². The van der Waals surface area contributed by atoms with Crippen molar-refractivity contribution in [1.29, 1.82) is 0 Å². The van der Waals surface area contributed by atoms with Gasteiger partial charge in [-0.15, -0.1) is 11.3 Å². The maximum Gasteiger partial charge on any atom is 0.350 e. The molecule has 2 rings (SSSR count). The zero-order chi connectivity index (χ0) is 15.4. The summed E-state index contributed by atoms with van der Waals surface area (Å²) in [6, 6.07) is 0.296. The molecule has 5 N–H and O–H groups in total. The van der Waals surface area contributed by atoms with E-state index in [1.54, 1.807) is 6.92 Å². The molecule has 1 aliphatic rings. The van der Waals surface area contributed by atoms with Crippen LogP contribution in [0.4, 0.5) is 10.7 Å². The molecular weight excluding hydrogens is 290 g/mol. The number of carbonyl (C=O) groups excluding carboxylic acids is 2. The van der Waals surface area contributed by atoms with Gasteiger partial charge in [-0.2, -0.15) is 0 Å². The summed E-state index contributed by atoms with van der Waals surface area (Å²) in [6.07, 6.45) is 5.65. The largest absolute Gasteiger partial charge is 0.462 e. The van der Waals surface area contributed by atoms with Crippen molar-refractivity contribution < 1.29 is 14.3 Å². The second-order valence-corrected chi connectivity index (χ2v) is 6.13. The third-order valence-corrected chi connectivity index (χ3v) is 4.71. The van der Waals surface area contributed by atoms with E-state index in [0.29, 0.717) is 11.0 Å². The Bertz CT molecular complexity index is 536. The summed E-state index contributed by atoms with van der Waals surface area (Å²) >= 11 is 1.14. The Labute approximate surface area is 127 Å². The van der Waals surface area contributed by atoms with Crippen molar-refractivity contribution in [2.45, 2.75) is 45.1 Å². The Morgan fingerprint density at radius 2 is 2.00 bits per heavy atom. The lowest BCUT2D eigenvalue weighted by atomic mass is 9.95. The van der Waals surface area contributed by atoms with Crippen LogP contribution in [0.3, 0.4) is 0 Å². The number of hydrogen-bond donors (Lipinski definition) is 3. The minimum Gasteiger partial charge on any atom is -0.462 e. The molecule has 0 atom stereocenters. The van der Waals surface area contributed by atoms with Gasteiger partial charge < -0.3 is 21.5 Å². The van der Waals surface area contributed by atoms with Crippen LogP contribution in [0.1, 0.15) is 59.1 Å². The summed E-state index contributed by atoms with van der Waals surface area (Å²) < 4.78 is 4.96. The maximum absolute atomic E-state index is 11.9. The predicted molar refractivity (Wildman–Crippen MR) is 83.7 cm³/mol. The molecule has 0 aliphatic heterocycles. The molecular formula is C14H21N3O3S. The molecule has 6 nitrogen and oxygen atoms in total. The molecule has 0 bridgehead atoms. The van der Waals surface area contributed by atoms with Crippen LogP contribution >= 0.6 is 11.3 Å². The summed E-state index contributed by atoms with van der Waals surface area (Å²) in [6.45, 7) is 1.98. The van der Waals surface area contributed by atoms with Crippen molar-refractivity contribution in [3.63, 3.8) is 0 Å². The quantitative estimate of drug-likeness (QED) is 0.723. The molecule has 7 heteroatoms. The van der Waals surface area contributed by atoms with Gasteiger partial charge in [-0.25, -0.2) is 4.79 Å². The van der Waals surface area contributed by atoms with E-state index in [1.165, 1.54) is 6.42 Å². The number of nitrogens with one attached hydrogen (secondary N) is 1. The van der Waals surface area contributed by atoms with E-state index in [9.17, 15) is 9.59 Å². The van der Waals surface area contributed by atoms with Gasteiger partial charge in [0, 0.05) is 6.04 Å². The van der Waals surface area contributed by atoms with Gasteiger partial charge in [0.1, 0.15) is 9.88 Å². The summed E-state index contributed by atoms with van der Waals surface area (Å²) in [5.41, 5.74) is 11.6. The van der Waals surface area contributed by atoms with Gasteiger partial charge in [0.15, 0.2) is 0 Å². The number of rotatable bonds is 5. The van der Waals surface area contributed by atoms with Gasteiger partial charge in [0.05, 0.1) is 17.9 Å². The third-order valence-electron chi connectivity index (χ3n) is 3.59. The SMILES string of the molecule is CCOC(=O)c1sc(NC2CCCCC2)c(C(N)=O)c1N. The number of amides is 1. The Morgan fingerprint density at radius 3 is 2.57 bits per heavy atom. The van der Waals surface area contributed by atoms with Gasteiger partial charge in [-0.05, 0) is 19.8 Å². The molecule has 116 valence electrons. The number of hydrogen-bond acceptors (Lipinski definition) is 6. The maximum atomic E-state index is 11.9. The van der Waals surface area contributed by atoms with Crippen LogP contribution in [0.15, 0.2) is 0 Å². The Morgan fingerprint density at radius 1 is 1.33 bits per heavy atom. The van der Waals surface area contributed by atoms with E-state index in [2.05, 4.69) is 5.32 Å². The highest BCUT2D eigenvalue weighted by Crippen LogP contribution is 2.37. The van der Waals surface area contributed by atoms with E-state index in [-0.39, 0.29) is 22.7 Å². The van der Waals surface area contributed by atoms with E-state index >= 15 is 0 Å². The monoisotopic (exact) mass is 311 g/mol. The van der Waals surface area contributed by atoms with Crippen LogP contribution in [0.25, 0.3) is 0 Å². The average Bonchev–Trinajstić information content (AvgIpc) is 2.77. The molecule has 1 aromatic rings. The average molecular weight is 311 g/mol. The van der Waals surface area contributed by atoms with Gasteiger partial charge in [0.25, 0.3) is 5.91 Å². The van der Waals surface area contributed by atoms with Gasteiger partial charge in [-0.1, -0.05) is 19.3 Å². The Balaban J connectivity index is 2.28. The molecule has 0 unspecified atom stereocenters. The molecule has 1 aromatic heterocycles. The van der Waals surface area contributed by atoms with E-state index in [4.69, 9.17) is 16.2 Å². The number of nitrogens with two attached hydrogens (primary N) is 2. The first-order valence-corrected chi connectivity index (χ1v) is 8.02. The molecule has 1 aliphatic carbocycles. The fourth-order valence-corrected chi connectivity index (χ4v) is 3.67. The molecule has 0 spiro atoms. The van der Waals surface area contributed by atoms with Crippen LogP contribution in [0.2, 0.25) is 0 Å². The zero-order valence-corrected chi connectivity index (χ0v) is 12.9. The Hall–Kier alpha value is -1.76.